The molecule has 1 N–H and O–H groups in total. The standard InChI is InChI=1S/C12H9F3N2O2S/c1-19-10(18)9-6-20-11(17-9)16-8-4-2-7(3-5-8)12(13,14)15/h2-6H,1H3,(H,16,17). The Morgan fingerprint density at radius 1 is 1.30 bits per heavy atom. The molecular formula is C12H9F3N2O2S. The number of carbonyl (C=O) groups is 1. The van der Waals surface area contributed by atoms with E-state index in [1.54, 1.807) is 0 Å². The first-order chi connectivity index (χ1) is 9.40. The first-order valence-corrected chi connectivity index (χ1v) is 6.26. The van der Waals surface area contributed by atoms with Crippen molar-refractivity contribution in [1.29, 1.82) is 0 Å². The minimum absolute atomic E-state index is 0.145. The number of methoxy groups -OCH3 is 1. The predicted molar refractivity (Wildman–Crippen MR) is 68.2 cm³/mol. The van der Waals surface area contributed by atoms with Crippen molar-refractivity contribution in [2.24, 2.45) is 0 Å². The van der Waals surface area contributed by atoms with Crippen LogP contribution in [0.3, 0.4) is 0 Å². The molecule has 0 unspecified atom stereocenters. The highest BCUT2D eigenvalue weighted by molar-refractivity contribution is 7.14. The number of esters is 1. The number of hydrogen-bond donors (Lipinski definition) is 1. The number of alkyl halides is 3. The fourth-order valence-electron chi connectivity index (χ4n) is 1.40. The number of halogens is 3. The van der Waals surface area contributed by atoms with Crippen LogP contribution in [0, 0.1) is 0 Å². The number of carbonyl (C=O) groups excluding carboxylic acids is 1. The summed E-state index contributed by atoms with van der Waals surface area (Å²) in [6.07, 6.45) is -4.36. The SMILES string of the molecule is COC(=O)c1csc(Nc2ccc(C(F)(F)F)cc2)n1. The minimum Gasteiger partial charge on any atom is -0.464 e. The average molecular weight is 302 g/mol. The van der Waals surface area contributed by atoms with Crippen molar-refractivity contribution in [3.63, 3.8) is 0 Å². The van der Waals surface area contributed by atoms with Gasteiger partial charge in [-0.15, -0.1) is 11.3 Å². The van der Waals surface area contributed by atoms with E-state index in [2.05, 4.69) is 15.0 Å². The second-order valence-electron chi connectivity index (χ2n) is 3.73. The molecule has 0 atom stereocenters. The monoisotopic (exact) mass is 302 g/mol. The Bertz CT molecular complexity index is 608. The van der Waals surface area contributed by atoms with Crippen molar-refractivity contribution >= 4 is 28.1 Å². The Balaban J connectivity index is 2.10. The number of benzene rings is 1. The van der Waals surface area contributed by atoms with Crippen LogP contribution < -0.4 is 5.32 Å². The topological polar surface area (TPSA) is 51.2 Å². The predicted octanol–water partition coefficient (Wildman–Crippen LogP) is 3.69. The highest BCUT2D eigenvalue weighted by atomic mass is 32.1. The van der Waals surface area contributed by atoms with Crippen molar-refractivity contribution in [3.8, 4) is 0 Å². The van der Waals surface area contributed by atoms with Crippen molar-refractivity contribution in [3.05, 3.63) is 40.9 Å². The van der Waals surface area contributed by atoms with Gasteiger partial charge in [-0.25, -0.2) is 9.78 Å². The quantitative estimate of drug-likeness (QED) is 0.879. The summed E-state index contributed by atoms with van der Waals surface area (Å²) < 4.78 is 41.7. The lowest BCUT2D eigenvalue weighted by Crippen LogP contribution is -2.04. The summed E-state index contributed by atoms with van der Waals surface area (Å²) >= 11 is 1.15. The number of ether oxygens (including phenoxy) is 1. The van der Waals surface area contributed by atoms with Gasteiger partial charge in [-0.3, -0.25) is 0 Å². The summed E-state index contributed by atoms with van der Waals surface area (Å²) in [6.45, 7) is 0. The summed E-state index contributed by atoms with van der Waals surface area (Å²) in [7, 11) is 1.24. The fourth-order valence-corrected chi connectivity index (χ4v) is 2.10. The van der Waals surface area contributed by atoms with E-state index >= 15 is 0 Å². The van der Waals surface area contributed by atoms with Gasteiger partial charge < -0.3 is 10.1 Å². The Labute approximate surface area is 116 Å². The molecule has 0 saturated heterocycles. The maximum absolute atomic E-state index is 12.4. The maximum atomic E-state index is 12.4. The number of rotatable bonds is 3. The normalized spacial score (nSPS) is 11.2. The molecule has 0 saturated carbocycles. The third kappa shape index (κ3) is 3.27. The van der Waals surface area contributed by atoms with Gasteiger partial charge in [0.05, 0.1) is 12.7 Å². The van der Waals surface area contributed by atoms with Crippen LogP contribution in [0.5, 0.6) is 0 Å². The van der Waals surface area contributed by atoms with Crippen molar-refractivity contribution in [2.45, 2.75) is 6.18 Å². The Morgan fingerprint density at radius 3 is 2.50 bits per heavy atom. The third-order valence-corrected chi connectivity index (χ3v) is 3.12. The van der Waals surface area contributed by atoms with Gasteiger partial charge in [0.25, 0.3) is 0 Å². The van der Waals surface area contributed by atoms with Gasteiger partial charge in [-0.1, -0.05) is 0 Å². The zero-order valence-corrected chi connectivity index (χ0v) is 11.0. The van der Waals surface area contributed by atoms with E-state index in [4.69, 9.17) is 0 Å². The van der Waals surface area contributed by atoms with Crippen molar-refractivity contribution < 1.29 is 22.7 Å². The number of nitrogens with one attached hydrogen (secondary N) is 1. The van der Waals surface area contributed by atoms with Crippen LogP contribution in [0.15, 0.2) is 29.6 Å². The van der Waals surface area contributed by atoms with Gasteiger partial charge in [0, 0.05) is 11.1 Å². The molecule has 2 rings (SSSR count). The van der Waals surface area contributed by atoms with Gasteiger partial charge in [0.1, 0.15) is 0 Å². The summed E-state index contributed by atoms with van der Waals surface area (Å²) in [5.41, 5.74) is -0.131. The molecular weight excluding hydrogens is 293 g/mol. The van der Waals surface area contributed by atoms with E-state index in [1.807, 2.05) is 0 Å². The first kappa shape index (κ1) is 14.3. The summed E-state index contributed by atoms with van der Waals surface area (Å²) in [4.78, 5) is 15.2. The zero-order chi connectivity index (χ0) is 14.8. The molecule has 4 nitrogen and oxygen atoms in total. The smallest absolute Gasteiger partial charge is 0.416 e. The molecule has 0 radical (unpaired) electrons. The Kier molecular flexibility index (Phi) is 3.93. The summed E-state index contributed by atoms with van der Waals surface area (Å²) in [6, 6.07) is 4.53. The van der Waals surface area contributed by atoms with Gasteiger partial charge in [0.2, 0.25) is 0 Å². The van der Waals surface area contributed by atoms with E-state index in [0.29, 0.717) is 10.8 Å². The first-order valence-electron chi connectivity index (χ1n) is 5.38. The largest absolute Gasteiger partial charge is 0.464 e. The van der Waals surface area contributed by atoms with E-state index in [0.717, 1.165) is 23.5 Å². The zero-order valence-electron chi connectivity index (χ0n) is 10.2. The van der Waals surface area contributed by atoms with Gasteiger partial charge in [0.15, 0.2) is 10.8 Å². The molecule has 0 fully saturated rings. The van der Waals surface area contributed by atoms with Gasteiger partial charge >= 0.3 is 12.1 Å². The van der Waals surface area contributed by atoms with E-state index in [-0.39, 0.29) is 5.69 Å². The third-order valence-electron chi connectivity index (χ3n) is 2.36. The van der Waals surface area contributed by atoms with Gasteiger partial charge in [-0.05, 0) is 24.3 Å². The highest BCUT2D eigenvalue weighted by Crippen LogP contribution is 2.30. The highest BCUT2D eigenvalue weighted by Gasteiger charge is 2.29. The minimum atomic E-state index is -4.36. The molecule has 0 spiro atoms. The van der Waals surface area contributed by atoms with Crippen molar-refractivity contribution in [1.82, 2.24) is 4.98 Å². The molecule has 106 valence electrons. The Morgan fingerprint density at radius 2 is 1.95 bits per heavy atom. The van der Waals surface area contributed by atoms with Crippen LogP contribution in [-0.2, 0) is 10.9 Å². The molecule has 1 aromatic carbocycles. The summed E-state index contributed by atoms with van der Waals surface area (Å²) in [5, 5.41) is 4.71. The van der Waals surface area contributed by atoms with Crippen LogP contribution in [0.25, 0.3) is 0 Å². The Hall–Kier alpha value is -2.09. The molecule has 20 heavy (non-hydrogen) atoms. The maximum Gasteiger partial charge on any atom is 0.416 e. The number of aromatic nitrogens is 1. The molecule has 0 aliphatic heterocycles. The molecule has 1 heterocycles. The lowest BCUT2D eigenvalue weighted by Gasteiger charge is -2.07. The molecule has 0 amide bonds. The van der Waals surface area contributed by atoms with E-state index < -0.39 is 17.7 Å². The number of hydrogen-bond acceptors (Lipinski definition) is 5. The van der Waals surface area contributed by atoms with E-state index in [9.17, 15) is 18.0 Å². The lowest BCUT2D eigenvalue weighted by molar-refractivity contribution is -0.137. The van der Waals surface area contributed by atoms with Crippen LogP contribution in [0.1, 0.15) is 16.1 Å². The fraction of sp³-hybridized carbons (Fsp3) is 0.167. The molecule has 8 heteroatoms. The molecule has 1 aromatic heterocycles. The molecule has 0 bridgehead atoms. The van der Waals surface area contributed by atoms with Gasteiger partial charge in [-0.2, -0.15) is 13.2 Å². The van der Waals surface area contributed by atoms with Crippen LogP contribution in [0.2, 0.25) is 0 Å². The molecule has 2 aromatic rings. The lowest BCUT2D eigenvalue weighted by atomic mass is 10.2. The summed E-state index contributed by atoms with van der Waals surface area (Å²) in [5.74, 6) is -0.568. The molecule has 0 aliphatic rings. The van der Waals surface area contributed by atoms with Crippen LogP contribution >= 0.6 is 11.3 Å². The average Bonchev–Trinajstić information content (AvgIpc) is 2.86. The van der Waals surface area contributed by atoms with E-state index in [1.165, 1.54) is 24.6 Å². The number of nitrogens with zero attached hydrogens (tertiary/aromatic N) is 1. The molecule has 0 aliphatic carbocycles. The number of thiazole rings is 1. The number of anilines is 2. The second-order valence-corrected chi connectivity index (χ2v) is 4.59. The van der Waals surface area contributed by atoms with Crippen LogP contribution in [-0.4, -0.2) is 18.1 Å². The van der Waals surface area contributed by atoms with Crippen molar-refractivity contribution in [2.75, 3.05) is 12.4 Å². The second kappa shape index (κ2) is 5.49. The van der Waals surface area contributed by atoms with Crippen LogP contribution in [0.4, 0.5) is 24.0 Å².